The molecular weight excluding hydrogens is 442 g/mol. The first-order chi connectivity index (χ1) is 17.1. The molecule has 1 amide bonds. The van der Waals surface area contributed by atoms with Gasteiger partial charge < -0.3 is 19.5 Å². The maximum absolute atomic E-state index is 12.4. The molecule has 2 aliphatic carbocycles. The number of nitrogens with zero attached hydrogens (tertiary/aromatic N) is 4. The lowest BCUT2D eigenvalue weighted by molar-refractivity contribution is -0.121. The summed E-state index contributed by atoms with van der Waals surface area (Å²) < 4.78 is 11.1. The molecule has 2 saturated carbocycles. The number of carbonyl (C=O) groups is 1. The highest BCUT2D eigenvalue weighted by molar-refractivity contribution is 5.78. The zero-order valence-electron chi connectivity index (χ0n) is 20.8. The van der Waals surface area contributed by atoms with Crippen molar-refractivity contribution in [2.24, 2.45) is 11.3 Å². The lowest BCUT2D eigenvalue weighted by atomic mass is 9.78. The number of hydrogen-bond acceptors (Lipinski definition) is 7. The summed E-state index contributed by atoms with van der Waals surface area (Å²) in [6.45, 7) is 8.10. The van der Waals surface area contributed by atoms with E-state index < -0.39 is 0 Å². The Labute approximate surface area is 207 Å². The van der Waals surface area contributed by atoms with Gasteiger partial charge in [-0.3, -0.25) is 9.69 Å². The molecule has 2 aromatic heterocycles. The Bertz CT molecular complexity index is 1050. The van der Waals surface area contributed by atoms with E-state index in [2.05, 4.69) is 31.3 Å². The summed E-state index contributed by atoms with van der Waals surface area (Å²) in [4.78, 5) is 22.0. The van der Waals surface area contributed by atoms with Crippen molar-refractivity contribution < 1.29 is 14.1 Å². The Kier molecular flexibility index (Phi) is 6.16. The summed E-state index contributed by atoms with van der Waals surface area (Å²) in [5, 5.41) is 7.12. The van der Waals surface area contributed by atoms with Crippen LogP contribution in [-0.4, -0.2) is 66.3 Å². The van der Waals surface area contributed by atoms with Crippen LogP contribution in [-0.2, 0) is 17.6 Å². The Balaban J connectivity index is 0.903. The van der Waals surface area contributed by atoms with Crippen LogP contribution in [0.3, 0.4) is 0 Å². The number of aromatic nitrogens is 2. The van der Waals surface area contributed by atoms with Crippen molar-refractivity contribution in [1.29, 1.82) is 0 Å². The molecule has 6 rings (SSSR count). The van der Waals surface area contributed by atoms with Crippen molar-refractivity contribution in [3.63, 3.8) is 0 Å². The monoisotopic (exact) mass is 479 g/mol. The molecule has 8 nitrogen and oxygen atoms in total. The van der Waals surface area contributed by atoms with Crippen LogP contribution in [0, 0.1) is 18.3 Å². The third-order valence-corrected chi connectivity index (χ3v) is 8.75. The van der Waals surface area contributed by atoms with E-state index in [1.807, 2.05) is 19.2 Å². The second-order valence-electron chi connectivity index (χ2n) is 11.1. The highest BCUT2D eigenvalue weighted by Crippen LogP contribution is 2.57. The molecule has 0 radical (unpaired) electrons. The summed E-state index contributed by atoms with van der Waals surface area (Å²) in [6, 6.07) is 4.28. The molecule has 188 valence electrons. The van der Waals surface area contributed by atoms with E-state index in [1.165, 1.54) is 44.2 Å². The highest BCUT2D eigenvalue weighted by Gasteiger charge is 2.55. The maximum atomic E-state index is 12.4. The van der Waals surface area contributed by atoms with Gasteiger partial charge in [-0.05, 0) is 69.4 Å². The van der Waals surface area contributed by atoms with Gasteiger partial charge in [0.25, 0.3) is 0 Å². The minimum atomic E-state index is 0.0616. The third kappa shape index (κ3) is 4.90. The van der Waals surface area contributed by atoms with E-state index in [-0.39, 0.29) is 5.91 Å². The maximum Gasteiger partial charge on any atom is 0.227 e. The molecule has 3 fully saturated rings. The topological polar surface area (TPSA) is 83.7 Å². The summed E-state index contributed by atoms with van der Waals surface area (Å²) in [7, 11) is 0. The molecule has 35 heavy (non-hydrogen) atoms. The predicted molar refractivity (Wildman–Crippen MR) is 133 cm³/mol. The van der Waals surface area contributed by atoms with Gasteiger partial charge >= 0.3 is 0 Å². The highest BCUT2D eigenvalue weighted by atomic mass is 16.5. The molecular formula is C27H37N5O3. The molecule has 4 aliphatic rings. The van der Waals surface area contributed by atoms with Gasteiger partial charge in [0, 0.05) is 56.5 Å². The summed E-state index contributed by atoms with van der Waals surface area (Å²) in [6.07, 6.45) is 10.8. The lowest BCUT2D eigenvalue weighted by Crippen LogP contribution is -2.47. The zero-order valence-corrected chi connectivity index (χ0v) is 20.8. The number of amides is 1. The molecule has 1 N–H and O–H groups in total. The number of piperazine rings is 1. The average Bonchev–Trinajstić information content (AvgIpc) is 3.19. The molecule has 1 atom stereocenters. The van der Waals surface area contributed by atoms with Crippen LogP contribution in [0.1, 0.15) is 55.5 Å². The molecule has 0 bridgehead atoms. The molecule has 2 aromatic rings. The SMILES string of the molecule is Cc1cc(CC(=O)N[C@H]2CC23CCC(CCN2CCN(c4nccc5c4OCC5)CC2)CC3)on1. The van der Waals surface area contributed by atoms with Crippen LogP contribution < -0.4 is 15.0 Å². The number of nitrogens with one attached hydrogen (secondary N) is 1. The minimum absolute atomic E-state index is 0.0616. The van der Waals surface area contributed by atoms with Crippen molar-refractivity contribution in [3.8, 4) is 5.75 Å². The van der Waals surface area contributed by atoms with Crippen LogP contribution in [0.5, 0.6) is 5.75 Å². The lowest BCUT2D eigenvalue weighted by Gasteiger charge is -2.37. The van der Waals surface area contributed by atoms with Gasteiger partial charge in [-0.2, -0.15) is 0 Å². The number of aryl methyl sites for hydroxylation is 1. The number of anilines is 1. The Morgan fingerprint density at radius 3 is 2.83 bits per heavy atom. The first-order valence-electron chi connectivity index (χ1n) is 13.4. The minimum Gasteiger partial charge on any atom is -0.489 e. The number of fused-ring (bicyclic) bond motifs is 1. The first kappa shape index (κ1) is 22.8. The number of ether oxygens (including phenoxy) is 1. The Morgan fingerprint density at radius 2 is 2.06 bits per heavy atom. The van der Waals surface area contributed by atoms with Gasteiger partial charge in [0.2, 0.25) is 5.91 Å². The van der Waals surface area contributed by atoms with Crippen LogP contribution in [0.4, 0.5) is 5.82 Å². The van der Waals surface area contributed by atoms with Gasteiger partial charge in [0.15, 0.2) is 11.6 Å². The van der Waals surface area contributed by atoms with Gasteiger partial charge in [-0.15, -0.1) is 0 Å². The molecule has 0 aromatic carbocycles. The largest absolute Gasteiger partial charge is 0.489 e. The van der Waals surface area contributed by atoms with Gasteiger partial charge in [-0.25, -0.2) is 4.98 Å². The fourth-order valence-electron chi connectivity index (χ4n) is 6.42. The number of carbonyl (C=O) groups excluding carboxylic acids is 1. The van der Waals surface area contributed by atoms with Crippen molar-refractivity contribution >= 4 is 11.7 Å². The molecule has 8 heteroatoms. The van der Waals surface area contributed by atoms with Gasteiger partial charge in [0.05, 0.1) is 18.7 Å². The van der Waals surface area contributed by atoms with Crippen molar-refractivity contribution in [2.45, 2.75) is 64.3 Å². The van der Waals surface area contributed by atoms with Crippen LogP contribution in [0.15, 0.2) is 22.9 Å². The van der Waals surface area contributed by atoms with E-state index in [9.17, 15) is 4.79 Å². The summed E-state index contributed by atoms with van der Waals surface area (Å²) in [5.74, 6) is 3.59. The van der Waals surface area contributed by atoms with E-state index in [0.29, 0.717) is 23.6 Å². The Hall–Kier alpha value is -2.61. The average molecular weight is 480 g/mol. The fourth-order valence-corrected chi connectivity index (χ4v) is 6.42. The number of pyridine rings is 1. The predicted octanol–water partition coefficient (Wildman–Crippen LogP) is 3.13. The van der Waals surface area contributed by atoms with Gasteiger partial charge in [0.1, 0.15) is 5.76 Å². The van der Waals surface area contributed by atoms with Crippen molar-refractivity contribution in [2.75, 3.05) is 44.2 Å². The second-order valence-corrected chi connectivity index (χ2v) is 11.1. The van der Waals surface area contributed by atoms with E-state index in [1.54, 1.807) is 0 Å². The third-order valence-electron chi connectivity index (χ3n) is 8.75. The summed E-state index contributed by atoms with van der Waals surface area (Å²) >= 11 is 0. The van der Waals surface area contributed by atoms with Crippen LogP contribution in [0.25, 0.3) is 0 Å². The van der Waals surface area contributed by atoms with E-state index in [0.717, 1.165) is 68.8 Å². The normalized spacial score (nSPS) is 28.1. The first-order valence-corrected chi connectivity index (χ1v) is 13.4. The van der Waals surface area contributed by atoms with Crippen molar-refractivity contribution in [1.82, 2.24) is 20.4 Å². The van der Waals surface area contributed by atoms with Gasteiger partial charge in [-0.1, -0.05) is 5.16 Å². The molecule has 2 aliphatic heterocycles. The molecule has 0 unspecified atom stereocenters. The molecule has 4 heterocycles. The van der Waals surface area contributed by atoms with Crippen molar-refractivity contribution in [3.05, 3.63) is 35.3 Å². The van der Waals surface area contributed by atoms with Crippen LogP contribution >= 0.6 is 0 Å². The van der Waals surface area contributed by atoms with Crippen LogP contribution in [0.2, 0.25) is 0 Å². The standard InChI is InChI=1S/C27H37N5O3/c1-19-16-22(35-30-19)17-24(33)29-23-18-27(23)7-2-20(3-8-27)5-10-31-11-13-32(14-12-31)26-25-21(4-9-28-26)6-15-34-25/h4,9,16,20,23H,2-3,5-8,10-15,17-18H2,1H3,(H,29,33)/t20?,23-,27?/m0/s1. The molecule has 1 spiro atoms. The number of rotatable bonds is 7. The Morgan fingerprint density at radius 1 is 1.23 bits per heavy atom. The summed E-state index contributed by atoms with van der Waals surface area (Å²) in [5.41, 5.74) is 2.48. The smallest absolute Gasteiger partial charge is 0.227 e. The molecule has 1 saturated heterocycles. The van der Waals surface area contributed by atoms with E-state index in [4.69, 9.17) is 9.26 Å². The quantitative estimate of drug-likeness (QED) is 0.653. The number of hydrogen-bond donors (Lipinski definition) is 1. The van der Waals surface area contributed by atoms with E-state index >= 15 is 0 Å². The zero-order chi connectivity index (χ0) is 23.8. The second kappa shape index (κ2) is 9.45. The fraction of sp³-hybridized carbons (Fsp3) is 0.667.